The number of nitrogens with one attached hydrogen (secondary N) is 1. The van der Waals surface area contributed by atoms with Gasteiger partial charge in [0.2, 0.25) is 5.91 Å². The number of rotatable bonds is 46. The van der Waals surface area contributed by atoms with E-state index in [1.54, 1.807) is 0 Å². The van der Waals surface area contributed by atoms with Crippen LogP contribution in [0, 0.1) is 0 Å². The van der Waals surface area contributed by atoms with Crippen molar-refractivity contribution in [3.63, 3.8) is 0 Å². The van der Waals surface area contributed by atoms with E-state index in [-0.39, 0.29) is 32.1 Å². The normalized spacial score (nSPS) is 13.9. The van der Waals surface area contributed by atoms with Crippen LogP contribution < -0.4 is 5.32 Å². The molecule has 0 aliphatic carbocycles. The largest absolute Gasteiger partial charge is 0.472 e. The van der Waals surface area contributed by atoms with Crippen LogP contribution in [0.3, 0.4) is 0 Å². The van der Waals surface area contributed by atoms with E-state index in [0.717, 1.165) is 89.9 Å². The van der Waals surface area contributed by atoms with E-state index < -0.39 is 26.5 Å². The molecule has 0 aromatic heterocycles. The van der Waals surface area contributed by atoms with Crippen LogP contribution in [0.4, 0.5) is 0 Å². The number of ether oxygens (including phenoxy) is 1. The molecule has 0 aromatic rings. The van der Waals surface area contributed by atoms with E-state index in [1.807, 2.05) is 0 Å². The van der Waals surface area contributed by atoms with Gasteiger partial charge in [-0.3, -0.25) is 18.6 Å². The van der Waals surface area contributed by atoms with Crippen LogP contribution in [0.15, 0.2) is 85.1 Å². The van der Waals surface area contributed by atoms with Gasteiger partial charge in [-0.05, 0) is 89.9 Å². The zero-order valence-electron chi connectivity index (χ0n) is 40.0. The van der Waals surface area contributed by atoms with Gasteiger partial charge in [0, 0.05) is 19.4 Å². The molecule has 0 saturated heterocycles. The summed E-state index contributed by atoms with van der Waals surface area (Å²) in [6, 6.07) is 0. The monoisotopic (exact) mass is 902 g/mol. The molecule has 1 amide bonds. The Kier molecular flexibility index (Phi) is 46.5. The van der Waals surface area contributed by atoms with Crippen molar-refractivity contribution in [2.24, 2.45) is 0 Å². The minimum Gasteiger partial charge on any atom is -0.463 e. The summed E-state index contributed by atoms with van der Waals surface area (Å²) in [5, 5.41) is 12.7. The maximum Gasteiger partial charge on any atom is 0.472 e. The maximum absolute atomic E-state index is 12.1. The third-order valence-corrected chi connectivity index (χ3v) is 11.3. The lowest BCUT2D eigenvalue weighted by molar-refractivity contribution is -0.147. The maximum atomic E-state index is 12.1. The summed E-state index contributed by atoms with van der Waals surface area (Å²) in [5.74, 6) is -0.546. The van der Waals surface area contributed by atoms with Crippen molar-refractivity contribution in [1.29, 1.82) is 0 Å². The smallest absolute Gasteiger partial charge is 0.463 e. The molecule has 0 fully saturated rings. The highest BCUT2D eigenvalue weighted by Crippen LogP contribution is 2.42. The lowest BCUT2D eigenvalue weighted by atomic mass is 10.1. The number of hydrogen-bond acceptors (Lipinski definition) is 7. The third-order valence-electron chi connectivity index (χ3n) is 10.3. The fraction of sp³-hybridized carbons (Fsp3) is 0.698. The van der Waals surface area contributed by atoms with Crippen molar-refractivity contribution in [2.45, 2.75) is 213 Å². The van der Waals surface area contributed by atoms with E-state index in [9.17, 15) is 24.2 Å². The minimum absolute atomic E-state index is 0.0626. The molecule has 9 nitrogen and oxygen atoms in total. The number of carbonyl (C=O) groups excluding carboxylic acids is 2. The number of amides is 1. The first kappa shape index (κ1) is 60.2. The van der Waals surface area contributed by atoms with Crippen LogP contribution >= 0.6 is 7.82 Å². The lowest BCUT2D eigenvalue weighted by Gasteiger charge is -2.15. The molecule has 0 aromatic carbocycles. The lowest BCUT2D eigenvalue weighted by Crippen LogP contribution is -2.27. The van der Waals surface area contributed by atoms with Crippen molar-refractivity contribution in [3.8, 4) is 0 Å². The molecule has 0 heterocycles. The number of unbranched alkanes of at least 4 members (excludes halogenated alkanes) is 19. The molecule has 0 aliphatic heterocycles. The summed E-state index contributed by atoms with van der Waals surface area (Å²) < 4.78 is 27.0. The van der Waals surface area contributed by atoms with Gasteiger partial charge < -0.3 is 20.1 Å². The fourth-order valence-electron chi connectivity index (χ4n) is 6.55. The first-order valence-corrected chi connectivity index (χ1v) is 26.6. The summed E-state index contributed by atoms with van der Waals surface area (Å²) >= 11 is 0. The fourth-order valence-corrected chi connectivity index (χ4v) is 7.31. The summed E-state index contributed by atoms with van der Waals surface area (Å²) in [7, 11) is -4.44. The number of carbonyl (C=O) groups is 2. The quantitative estimate of drug-likeness (QED) is 0.0238. The molecule has 0 radical (unpaired) electrons. The van der Waals surface area contributed by atoms with Gasteiger partial charge >= 0.3 is 13.8 Å². The third kappa shape index (κ3) is 50.1. The van der Waals surface area contributed by atoms with Gasteiger partial charge in [-0.15, -0.1) is 0 Å². The van der Waals surface area contributed by atoms with Gasteiger partial charge in [-0.25, -0.2) is 4.57 Å². The number of aliphatic hydroxyl groups excluding tert-OH is 1. The number of phosphoric acid groups is 1. The molecule has 2 unspecified atom stereocenters. The second-order valence-electron chi connectivity index (χ2n) is 16.4. The van der Waals surface area contributed by atoms with E-state index >= 15 is 0 Å². The average molecular weight is 902 g/mol. The topological polar surface area (TPSA) is 131 Å². The number of phosphoric ester groups is 1. The van der Waals surface area contributed by atoms with Crippen molar-refractivity contribution in [3.05, 3.63) is 85.1 Å². The molecule has 3 N–H and O–H groups in total. The van der Waals surface area contributed by atoms with Crippen LogP contribution in [-0.2, 0) is 27.9 Å². The standard InChI is InChI=1S/C53H92NO8P/c1-3-5-7-9-11-13-15-17-19-21-23-24-25-26-28-29-31-33-35-37-39-41-43-45-52(56)54-47-48-61-63(58,59)62-50-51(55)49-60-53(57)46-44-42-40-38-36-34-32-30-27-22-20-18-16-14-12-10-8-6-4-2/h5,7,11,13,17-20,23-24,26,28,31,33,51,55H,3-4,6,8-10,12,14-16,21-22,25,27,29-30,32,34-50H2,1-2H3,(H,54,56)(H,58,59)/b7-5-,13-11-,19-17-,20-18+,24-23-,28-26-,33-31-. The number of esters is 1. The summed E-state index contributed by atoms with van der Waals surface area (Å²) in [5.41, 5.74) is 0. The summed E-state index contributed by atoms with van der Waals surface area (Å²) in [4.78, 5) is 34.1. The molecule has 10 heteroatoms. The Morgan fingerprint density at radius 2 is 0.905 bits per heavy atom. The van der Waals surface area contributed by atoms with E-state index in [1.165, 1.54) is 89.9 Å². The Labute approximate surface area is 385 Å². The van der Waals surface area contributed by atoms with Crippen LogP contribution in [0.5, 0.6) is 0 Å². The molecule has 0 aliphatic rings. The van der Waals surface area contributed by atoms with Gasteiger partial charge in [0.05, 0.1) is 13.2 Å². The Morgan fingerprint density at radius 1 is 0.508 bits per heavy atom. The highest BCUT2D eigenvalue weighted by molar-refractivity contribution is 7.47. The van der Waals surface area contributed by atoms with Gasteiger partial charge in [0.25, 0.3) is 0 Å². The molecular formula is C53H92NO8P. The first-order chi connectivity index (χ1) is 30.8. The van der Waals surface area contributed by atoms with Crippen molar-refractivity contribution in [2.75, 3.05) is 26.4 Å². The summed E-state index contributed by atoms with van der Waals surface area (Å²) in [6.45, 7) is 3.41. The van der Waals surface area contributed by atoms with E-state index in [0.29, 0.717) is 6.42 Å². The Balaban J connectivity index is 3.64. The van der Waals surface area contributed by atoms with Gasteiger partial charge in [0.15, 0.2) is 0 Å². The highest BCUT2D eigenvalue weighted by Gasteiger charge is 2.23. The minimum atomic E-state index is -4.44. The zero-order chi connectivity index (χ0) is 46.0. The van der Waals surface area contributed by atoms with Gasteiger partial charge in [-0.1, -0.05) is 189 Å². The molecule has 362 valence electrons. The van der Waals surface area contributed by atoms with Crippen molar-refractivity contribution in [1.82, 2.24) is 5.32 Å². The van der Waals surface area contributed by atoms with Crippen LogP contribution in [0.2, 0.25) is 0 Å². The van der Waals surface area contributed by atoms with E-state index in [4.69, 9.17) is 13.8 Å². The molecule has 0 rings (SSSR count). The second-order valence-corrected chi connectivity index (χ2v) is 17.9. The van der Waals surface area contributed by atoms with E-state index in [2.05, 4.69) is 104 Å². The van der Waals surface area contributed by atoms with Crippen LogP contribution in [-0.4, -0.2) is 54.3 Å². The number of aliphatic hydroxyl groups is 1. The van der Waals surface area contributed by atoms with Crippen LogP contribution in [0.1, 0.15) is 206 Å². The van der Waals surface area contributed by atoms with Crippen molar-refractivity contribution >= 4 is 19.7 Å². The van der Waals surface area contributed by atoms with Crippen LogP contribution in [0.25, 0.3) is 0 Å². The SMILES string of the molecule is CC/C=C\C/C=C\C/C=C\C/C=C\C/C=C\C/C=C\CCCCCCC(=O)NCCOP(=O)(O)OCC(O)COC(=O)CCCCCCCCCCC/C=C/CCCCCCCC. The highest BCUT2D eigenvalue weighted by atomic mass is 31.2. The predicted molar refractivity (Wildman–Crippen MR) is 266 cm³/mol. The Bertz CT molecular complexity index is 1300. The molecule has 63 heavy (non-hydrogen) atoms. The molecular weight excluding hydrogens is 810 g/mol. The Morgan fingerprint density at radius 3 is 1.38 bits per heavy atom. The van der Waals surface area contributed by atoms with Gasteiger partial charge in [0.1, 0.15) is 12.7 Å². The molecule has 0 saturated carbocycles. The molecule has 0 bridgehead atoms. The first-order valence-electron chi connectivity index (χ1n) is 25.1. The molecule has 2 atom stereocenters. The second kappa shape index (κ2) is 48.6. The average Bonchev–Trinajstić information content (AvgIpc) is 3.27. The summed E-state index contributed by atoms with van der Waals surface area (Å²) in [6.07, 6.45) is 62.3. The zero-order valence-corrected chi connectivity index (χ0v) is 40.9. The van der Waals surface area contributed by atoms with Gasteiger partial charge in [-0.2, -0.15) is 0 Å². The number of allylic oxidation sites excluding steroid dienone is 14. The Hall–Kier alpha value is -2.81. The predicted octanol–water partition coefficient (Wildman–Crippen LogP) is 14.8. The molecule has 0 spiro atoms. The van der Waals surface area contributed by atoms with Crippen molar-refractivity contribution < 1.29 is 37.9 Å². The number of hydrogen-bond donors (Lipinski definition) is 3.